The average molecular weight is 536 g/mol. The van der Waals surface area contributed by atoms with Crippen LogP contribution in [0.3, 0.4) is 0 Å². The van der Waals surface area contributed by atoms with E-state index in [2.05, 4.69) is 5.32 Å². The molecule has 1 aromatic rings. The summed E-state index contributed by atoms with van der Waals surface area (Å²) in [4.78, 5) is 50.0. The first-order valence-electron chi connectivity index (χ1n) is 13.2. The van der Waals surface area contributed by atoms with Gasteiger partial charge in [-0.25, -0.2) is 0 Å². The minimum Gasteiger partial charge on any atom is -0.468 e. The fourth-order valence-corrected chi connectivity index (χ4v) is 2.91. The summed E-state index contributed by atoms with van der Waals surface area (Å²) >= 11 is 0. The van der Waals surface area contributed by atoms with Gasteiger partial charge >= 0.3 is 23.9 Å². The van der Waals surface area contributed by atoms with Crippen LogP contribution in [0, 0.1) is 16.7 Å². The van der Waals surface area contributed by atoms with Gasteiger partial charge in [0.2, 0.25) is 0 Å². The van der Waals surface area contributed by atoms with Crippen LogP contribution < -0.4 is 14.8 Å². The summed E-state index contributed by atoms with van der Waals surface area (Å²) in [6.07, 6.45) is 0.846. The Kier molecular flexibility index (Phi) is 12.4. The van der Waals surface area contributed by atoms with E-state index in [-0.39, 0.29) is 36.4 Å². The lowest BCUT2D eigenvalue weighted by atomic mass is 9.90. The van der Waals surface area contributed by atoms with E-state index in [1.54, 1.807) is 66.7 Å². The van der Waals surface area contributed by atoms with E-state index in [1.807, 2.05) is 13.8 Å². The highest BCUT2D eigenvalue weighted by molar-refractivity contribution is 5.81. The second-order valence-corrected chi connectivity index (χ2v) is 11.1. The quantitative estimate of drug-likeness (QED) is 0.269. The molecule has 1 rings (SSSR count). The van der Waals surface area contributed by atoms with Gasteiger partial charge in [-0.1, -0.05) is 33.8 Å². The van der Waals surface area contributed by atoms with Gasteiger partial charge in [-0.2, -0.15) is 0 Å². The van der Waals surface area contributed by atoms with Crippen LogP contribution in [0.15, 0.2) is 18.2 Å². The Morgan fingerprint density at radius 2 is 1.37 bits per heavy atom. The molecule has 214 valence electrons. The lowest BCUT2D eigenvalue weighted by Gasteiger charge is -2.24. The van der Waals surface area contributed by atoms with Gasteiger partial charge in [0, 0.05) is 6.54 Å². The predicted octanol–water partition coefficient (Wildman–Crippen LogP) is 4.63. The molecule has 0 aliphatic carbocycles. The van der Waals surface area contributed by atoms with E-state index in [1.165, 1.54) is 7.11 Å². The highest BCUT2D eigenvalue weighted by Crippen LogP contribution is 2.34. The fourth-order valence-electron chi connectivity index (χ4n) is 2.91. The summed E-state index contributed by atoms with van der Waals surface area (Å²) in [6.45, 7) is 16.3. The zero-order valence-electron chi connectivity index (χ0n) is 24.6. The van der Waals surface area contributed by atoms with Crippen molar-refractivity contribution in [2.45, 2.75) is 93.7 Å². The monoisotopic (exact) mass is 535 g/mol. The first kappa shape index (κ1) is 33.1. The number of hydrogen-bond donors (Lipinski definition) is 1. The Morgan fingerprint density at radius 3 is 1.84 bits per heavy atom. The van der Waals surface area contributed by atoms with Gasteiger partial charge < -0.3 is 24.3 Å². The molecule has 9 heteroatoms. The molecular weight excluding hydrogens is 490 g/mol. The fraction of sp³-hybridized carbons (Fsp3) is 0.655. The molecule has 0 bridgehead atoms. The second kappa shape index (κ2) is 14.3. The molecule has 0 aliphatic heterocycles. The number of ether oxygens (including phenoxy) is 4. The standard InChI is InChI=1S/C29H45NO8/c1-11-28(6,7)26(33)37-22-14-13-20(16-23(22)38-27(34)29(8,9)12-2)15-21(25(32)35-10)30-17-19(5)36-24(31)18(3)4/h13-14,16,18-19,21,30H,11-12,15,17H2,1-10H3/t19?,21-/m0/s1. The van der Waals surface area contributed by atoms with Crippen LogP contribution in [0.1, 0.15) is 80.7 Å². The minimum absolute atomic E-state index is 0.0946. The van der Waals surface area contributed by atoms with Crippen LogP contribution in [0.4, 0.5) is 0 Å². The molecule has 0 radical (unpaired) electrons. The van der Waals surface area contributed by atoms with Crippen molar-refractivity contribution >= 4 is 23.9 Å². The van der Waals surface area contributed by atoms with Crippen molar-refractivity contribution in [2.24, 2.45) is 16.7 Å². The summed E-state index contributed by atoms with van der Waals surface area (Å²) in [5.74, 6) is -1.78. The molecular formula is C29H45NO8. The molecule has 0 spiro atoms. The van der Waals surface area contributed by atoms with Gasteiger partial charge in [-0.3, -0.25) is 19.2 Å². The number of esters is 4. The maximum Gasteiger partial charge on any atom is 0.323 e. The summed E-state index contributed by atoms with van der Waals surface area (Å²) in [5, 5.41) is 3.09. The zero-order chi connectivity index (χ0) is 29.3. The maximum atomic E-state index is 12.9. The van der Waals surface area contributed by atoms with E-state index in [4.69, 9.17) is 18.9 Å². The molecule has 9 nitrogen and oxygen atoms in total. The molecule has 0 aromatic heterocycles. The molecule has 0 heterocycles. The van der Waals surface area contributed by atoms with Crippen LogP contribution in [0.25, 0.3) is 0 Å². The Bertz CT molecular complexity index is 983. The van der Waals surface area contributed by atoms with E-state index < -0.39 is 40.9 Å². The number of carbonyl (C=O) groups is 4. The van der Waals surface area contributed by atoms with Gasteiger partial charge in [0.05, 0.1) is 23.9 Å². The summed E-state index contributed by atoms with van der Waals surface area (Å²) in [5.41, 5.74) is -0.830. The second-order valence-electron chi connectivity index (χ2n) is 11.1. The highest BCUT2D eigenvalue weighted by atomic mass is 16.6. The van der Waals surface area contributed by atoms with Crippen molar-refractivity contribution in [1.82, 2.24) is 5.32 Å². The topological polar surface area (TPSA) is 117 Å². The lowest BCUT2D eigenvalue weighted by Crippen LogP contribution is -2.43. The molecule has 0 saturated carbocycles. The zero-order valence-corrected chi connectivity index (χ0v) is 24.6. The molecule has 38 heavy (non-hydrogen) atoms. The van der Waals surface area contributed by atoms with Crippen LogP contribution in [-0.4, -0.2) is 49.7 Å². The molecule has 1 unspecified atom stereocenters. The third kappa shape index (κ3) is 9.74. The van der Waals surface area contributed by atoms with Gasteiger partial charge in [-0.05, 0) is 71.6 Å². The van der Waals surface area contributed by atoms with Crippen LogP contribution in [0.5, 0.6) is 11.5 Å². The summed E-state index contributed by atoms with van der Waals surface area (Å²) in [6, 6.07) is 4.08. The van der Waals surface area contributed by atoms with Crippen LogP contribution in [-0.2, 0) is 35.1 Å². The number of methoxy groups -OCH3 is 1. The lowest BCUT2D eigenvalue weighted by molar-refractivity contribution is -0.152. The maximum absolute atomic E-state index is 12.9. The van der Waals surface area contributed by atoms with Gasteiger partial charge in [0.1, 0.15) is 12.1 Å². The van der Waals surface area contributed by atoms with Gasteiger partial charge in [0.25, 0.3) is 0 Å². The Hall–Kier alpha value is -2.94. The molecule has 0 aliphatic rings. The average Bonchev–Trinajstić information content (AvgIpc) is 2.86. The van der Waals surface area contributed by atoms with E-state index >= 15 is 0 Å². The highest BCUT2D eigenvalue weighted by Gasteiger charge is 2.32. The van der Waals surface area contributed by atoms with Crippen molar-refractivity contribution in [3.05, 3.63) is 23.8 Å². The molecule has 1 N–H and O–H groups in total. The van der Waals surface area contributed by atoms with Crippen molar-refractivity contribution in [1.29, 1.82) is 0 Å². The number of benzene rings is 1. The Morgan fingerprint density at radius 1 is 0.842 bits per heavy atom. The summed E-state index contributed by atoms with van der Waals surface area (Å²) < 4.78 is 21.7. The van der Waals surface area contributed by atoms with Crippen molar-refractivity contribution in [3.63, 3.8) is 0 Å². The molecule has 1 aromatic carbocycles. The number of carbonyl (C=O) groups excluding carboxylic acids is 4. The number of rotatable bonds is 14. The van der Waals surface area contributed by atoms with Gasteiger partial charge in [-0.15, -0.1) is 0 Å². The van der Waals surface area contributed by atoms with E-state index in [0.717, 1.165) is 0 Å². The van der Waals surface area contributed by atoms with E-state index in [9.17, 15) is 19.2 Å². The third-order valence-corrected chi connectivity index (χ3v) is 6.65. The van der Waals surface area contributed by atoms with Crippen molar-refractivity contribution in [3.8, 4) is 11.5 Å². The number of hydrogen-bond acceptors (Lipinski definition) is 9. The number of nitrogens with one attached hydrogen (secondary N) is 1. The first-order valence-corrected chi connectivity index (χ1v) is 13.2. The SMILES string of the molecule is CCC(C)(C)C(=O)Oc1ccc(C[C@H](NCC(C)OC(=O)C(C)C)C(=O)OC)cc1OC(=O)C(C)(C)CC. The third-order valence-electron chi connectivity index (χ3n) is 6.65. The van der Waals surface area contributed by atoms with Crippen LogP contribution >= 0.6 is 0 Å². The van der Waals surface area contributed by atoms with Crippen molar-refractivity contribution < 1.29 is 38.1 Å². The normalized spacial score (nSPS) is 13.4. The first-order chi connectivity index (χ1) is 17.6. The van der Waals surface area contributed by atoms with Gasteiger partial charge in [0.15, 0.2) is 11.5 Å². The Balaban J connectivity index is 3.23. The van der Waals surface area contributed by atoms with Crippen molar-refractivity contribution in [2.75, 3.05) is 13.7 Å². The van der Waals surface area contributed by atoms with E-state index in [0.29, 0.717) is 18.4 Å². The minimum atomic E-state index is -0.761. The Labute approximate surface area is 226 Å². The molecule has 0 saturated heterocycles. The molecule has 2 atom stereocenters. The smallest absolute Gasteiger partial charge is 0.323 e. The molecule has 0 fully saturated rings. The predicted molar refractivity (Wildman–Crippen MR) is 144 cm³/mol. The summed E-state index contributed by atoms with van der Waals surface area (Å²) in [7, 11) is 1.29. The largest absolute Gasteiger partial charge is 0.468 e. The molecule has 0 amide bonds. The van der Waals surface area contributed by atoms with Crippen LogP contribution in [0.2, 0.25) is 0 Å².